The number of para-hydroxylation sites is 2. The molecule has 0 fully saturated rings. The second-order valence-electron chi connectivity index (χ2n) is 6.42. The fraction of sp³-hybridized carbons (Fsp3) is 0. The molecule has 0 aliphatic heterocycles. The quantitative estimate of drug-likeness (QED) is 0.426. The van der Waals surface area contributed by atoms with Crippen molar-refractivity contribution in [1.82, 2.24) is 9.97 Å². The Kier molecular flexibility index (Phi) is 4.83. The first kappa shape index (κ1) is 18.1. The average Bonchev–Trinajstić information content (AvgIpc) is 2.78. The van der Waals surface area contributed by atoms with Crippen molar-refractivity contribution < 1.29 is 4.79 Å². The minimum absolute atomic E-state index is 0.0573. The molecular weight excluding hydrogens is 362 g/mol. The number of hydrogen-bond donors (Lipinski definition) is 1. The third kappa shape index (κ3) is 3.73. The summed E-state index contributed by atoms with van der Waals surface area (Å²) in [7, 11) is 0. The van der Waals surface area contributed by atoms with Crippen LogP contribution in [-0.2, 0) is 0 Å². The van der Waals surface area contributed by atoms with Crippen molar-refractivity contribution in [3.05, 3.63) is 112 Å². The van der Waals surface area contributed by atoms with E-state index in [0.29, 0.717) is 27.7 Å². The predicted molar refractivity (Wildman–Crippen MR) is 112 cm³/mol. The molecule has 4 rings (SSSR count). The smallest absolute Gasteiger partial charge is 0.275 e. The molecule has 0 aliphatic carbocycles. The molecule has 1 aromatic heterocycles. The Morgan fingerprint density at radius 1 is 0.931 bits per heavy atom. The minimum Gasteiger partial charge on any atom is -0.319 e. The molecule has 4 aromatic rings. The lowest BCUT2D eigenvalue weighted by Crippen LogP contribution is -2.18. The molecule has 0 bridgehead atoms. The molecule has 0 atom stereocenters. The third-order valence-corrected chi connectivity index (χ3v) is 4.49. The van der Waals surface area contributed by atoms with Gasteiger partial charge in [0, 0.05) is 5.56 Å². The maximum Gasteiger partial charge on any atom is 0.275 e. The van der Waals surface area contributed by atoms with Crippen LogP contribution in [0.1, 0.15) is 27.2 Å². The van der Waals surface area contributed by atoms with Gasteiger partial charge in [-0.2, -0.15) is 5.26 Å². The highest BCUT2D eigenvalue weighted by Gasteiger charge is 2.19. The van der Waals surface area contributed by atoms with Crippen LogP contribution in [0, 0.1) is 11.3 Å². The lowest BCUT2D eigenvalue weighted by molar-refractivity contribution is 0.105. The number of fused-ring (bicyclic) bond motifs is 1. The van der Waals surface area contributed by atoms with E-state index in [1.807, 2.05) is 18.2 Å². The van der Waals surface area contributed by atoms with E-state index in [1.165, 1.54) is 0 Å². The molecule has 1 N–H and O–H groups in total. The molecule has 0 amide bonds. The number of aromatic amines is 1. The van der Waals surface area contributed by atoms with Crippen molar-refractivity contribution in [2.75, 3.05) is 0 Å². The highest BCUT2D eigenvalue weighted by Crippen LogP contribution is 2.21. The second kappa shape index (κ2) is 7.75. The summed E-state index contributed by atoms with van der Waals surface area (Å²) < 4.78 is 0. The molecule has 0 aliphatic rings. The highest BCUT2D eigenvalue weighted by atomic mass is 16.1. The number of Topliss-reactive ketones (excluding diaryl/α,β-unsaturated/α-hetero) is 1. The predicted octanol–water partition coefficient (Wildman–Crippen LogP) is 4.22. The molecule has 0 radical (unpaired) electrons. The van der Waals surface area contributed by atoms with Crippen LogP contribution < -0.4 is 5.56 Å². The van der Waals surface area contributed by atoms with Crippen molar-refractivity contribution in [3.63, 3.8) is 0 Å². The first-order chi connectivity index (χ1) is 14.2. The molecule has 138 valence electrons. The summed E-state index contributed by atoms with van der Waals surface area (Å²) in [5.74, 6) is -0.303. The van der Waals surface area contributed by atoms with Gasteiger partial charge in [0.15, 0.2) is 5.78 Å². The van der Waals surface area contributed by atoms with Crippen LogP contribution in [0.25, 0.3) is 22.7 Å². The van der Waals surface area contributed by atoms with E-state index in [9.17, 15) is 9.59 Å². The Balaban J connectivity index is 1.92. The third-order valence-electron chi connectivity index (χ3n) is 4.49. The zero-order valence-corrected chi connectivity index (χ0v) is 15.3. The van der Waals surface area contributed by atoms with Crippen LogP contribution in [0.3, 0.4) is 0 Å². The Labute approximate surface area is 166 Å². The van der Waals surface area contributed by atoms with Gasteiger partial charge >= 0.3 is 0 Å². The zero-order chi connectivity index (χ0) is 20.2. The van der Waals surface area contributed by atoms with Gasteiger partial charge in [0.1, 0.15) is 5.69 Å². The number of nitrogens with zero attached hydrogens (tertiary/aromatic N) is 2. The van der Waals surface area contributed by atoms with E-state index < -0.39 is 5.56 Å². The van der Waals surface area contributed by atoms with Gasteiger partial charge in [-0.25, -0.2) is 4.98 Å². The zero-order valence-electron chi connectivity index (χ0n) is 15.3. The summed E-state index contributed by atoms with van der Waals surface area (Å²) in [4.78, 5) is 33.3. The number of nitrogens with one attached hydrogen (secondary N) is 1. The number of nitriles is 1. The molecule has 3 aromatic carbocycles. The summed E-state index contributed by atoms with van der Waals surface area (Å²) >= 11 is 0. The number of ketones is 1. The van der Waals surface area contributed by atoms with Crippen LogP contribution >= 0.6 is 0 Å². The van der Waals surface area contributed by atoms with Gasteiger partial charge < -0.3 is 4.98 Å². The maximum absolute atomic E-state index is 13.2. The lowest BCUT2D eigenvalue weighted by atomic mass is 9.98. The van der Waals surface area contributed by atoms with Crippen molar-refractivity contribution in [3.8, 4) is 6.07 Å². The monoisotopic (exact) mass is 377 g/mol. The summed E-state index contributed by atoms with van der Waals surface area (Å²) in [5, 5.41) is 8.99. The molecule has 5 heteroatoms. The van der Waals surface area contributed by atoms with Gasteiger partial charge in [0.2, 0.25) is 0 Å². The largest absolute Gasteiger partial charge is 0.319 e. The van der Waals surface area contributed by atoms with Crippen molar-refractivity contribution in [2.24, 2.45) is 0 Å². The fourth-order valence-corrected chi connectivity index (χ4v) is 3.02. The van der Waals surface area contributed by atoms with Crippen LogP contribution in [0.15, 0.2) is 83.7 Å². The normalized spacial score (nSPS) is 11.2. The minimum atomic E-state index is -0.437. The molecule has 0 saturated heterocycles. The topological polar surface area (TPSA) is 86.6 Å². The van der Waals surface area contributed by atoms with Crippen LogP contribution in [-0.4, -0.2) is 15.8 Å². The highest BCUT2D eigenvalue weighted by molar-refractivity contribution is 6.32. The molecule has 5 nitrogen and oxygen atoms in total. The number of aromatic nitrogens is 2. The van der Waals surface area contributed by atoms with Gasteiger partial charge in [-0.1, -0.05) is 54.6 Å². The Morgan fingerprint density at radius 3 is 2.34 bits per heavy atom. The van der Waals surface area contributed by atoms with Crippen molar-refractivity contribution in [2.45, 2.75) is 0 Å². The molecule has 29 heavy (non-hydrogen) atoms. The van der Waals surface area contributed by atoms with Crippen LogP contribution in [0.2, 0.25) is 0 Å². The molecule has 0 spiro atoms. The van der Waals surface area contributed by atoms with Crippen LogP contribution in [0.5, 0.6) is 0 Å². The maximum atomic E-state index is 13.2. The SMILES string of the molecule is N#Cc1ccc(/C=C(/C(=O)c2ccccc2)c2nc3ccccc3[nH]c2=O)cc1. The molecular formula is C24H15N3O2. The summed E-state index contributed by atoms with van der Waals surface area (Å²) in [6, 6.07) is 24.8. The number of rotatable bonds is 4. The number of hydrogen-bond acceptors (Lipinski definition) is 4. The van der Waals surface area contributed by atoms with Gasteiger partial charge in [-0.15, -0.1) is 0 Å². The van der Waals surface area contributed by atoms with Crippen molar-refractivity contribution in [1.29, 1.82) is 5.26 Å². The average molecular weight is 377 g/mol. The molecule has 0 unspecified atom stereocenters. The molecule has 0 saturated carbocycles. The van der Waals surface area contributed by atoms with Gasteiger partial charge in [0.05, 0.1) is 28.2 Å². The summed E-state index contributed by atoms with van der Waals surface area (Å²) in [6.45, 7) is 0. The Morgan fingerprint density at radius 2 is 1.62 bits per heavy atom. The standard InChI is InChI=1S/C24H15N3O2/c25-15-17-12-10-16(11-13-17)14-19(23(28)18-6-2-1-3-7-18)22-24(29)27-21-9-5-4-8-20(21)26-22/h1-14H,(H,27,29)/b19-14+. The van der Waals surface area contributed by atoms with Gasteiger partial charge in [-0.3, -0.25) is 9.59 Å². The first-order valence-electron chi connectivity index (χ1n) is 8.97. The van der Waals surface area contributed by atoms with E-state index in [0.717, 1.165) is 0 Å². The number of H-pyrrole nitrogens is 1. The van der Waals surface area contributed by atoms with E-state index >= 15 is 0 Å². The Hall–Kier alpha value is -4.30. The number of benzene rings is 3. The fourth-order valence-electron chi connectivity index (χ4n) is 3.02. The van der Waals surface area contributed by atoms with Gasteiger partial charge in [-0.05, 0) is 35.9 Å². The second-order valence-corrected chi connectivity index (χ2v) is 6.42. The van der Waals surface area contributed by atoms with E-state index in [2.05, 4.69) is 16.0 Å². The van der Waals surface area contributed by atoms with E-state index in [-0.39, 0.29) is 17.1 Å². The van der Waals surface area contributed by atoms with E-state index in [4.69, 9.17) is 5.26 Å². The number of carbonyl (C=O) groups is 1. The number of carbonyl (C=O) groups excluding carboxylic acids is 1. The number of allylic oxidation sites excluding steroid dienone is 1. The van der Waals surface area contributed by atoms with Gasteiger partial charge in [0.25, 0.3) is 5.56 Å². The first-order valence-corrected chi connectivity index (χ1v) is 8.97. The lowest BCUT2D eigenvalue weighted by Gasteiger charge is -2.08. The molecule has 1 heterocycles. The summed E-state index contributed by atoms with van der Waals surface area (Å²) in [5.41, 5.74) is 2.67. The van der Waals surface area contributed by atoms with Crippen LogP contribution in [0.4, 0.5) is 0 Å². The van der Waals surface area contributed by atoms with E-state index in [1.54, 1.807) is 66.7 Å². The summed E-state index contributed by atoms with van der Waals surface area (Å²) in [6.07, 6.45) is 1.63. The Bertz CT molecular complexity index is 1330. The van der Waals surface area contributed by atoms with Crippen molar-refractivity contribution >= 4 is 28.5 Å².